The fourth-order valence-corrected chi connectivity index (χ4v) is 3.31. The molecule has 0 radical (unpaired) electrons. The maximum Gasteiger partial charge on any atom is 0.338 e. The van der Waals surface area contributed by atoms with Gasteiger partial charge in [-0.25, -0.2) is 4.79 Å². The average molecular weight is 318 g/mol. The van der Waals surface area contributed by atoms with E-state index in [0.717, 1.165) is 22.4 Å². The highest BCUT2D eigenvalue weighted by molar-refractivity contribution is 7.80. The van der Waals surface area contributed by atoms with Crippen LogP contribution in [-0.2, 0) is 9.53 Å². The molecule has 22 heavy (non-hydrogen) atoms. The van der Waals surface area contributed by atoms with Crippen LogP contribution >= 0.6 is 12.2 Å². The molecule has 1 atom stereocenters. The van der Waals surface area contributed by atoms with E-state index in [1.54, 1.807) is 6.92 Å². The van der Waals surface area contributed by atoms with Crippen molar-refractivity contribution in [1.29, 1.82) is 0 Å². The van der Waals surface area contributed by atoms with Crippen LogP contribution in [-0.4, -0.2) is 17.7 Å². The van der Waals surface area contributed by atoms with E-state index in [-0.39, 0.29) is 12.0 Å². The van der Waals surface area contributed by atoms with Gasteiger partial charge in [-0.2, -0.15) is 0 Å². The molecule has 0 saturated carbocycles. The number of thiocarbonyl (C=S) groups is 1. The Bertz CT molecular complexity index is 642. The first kappa shape index (κ1) is 16.5. The van der Waals surface area contributed by atoms with Crippen molar-refractivity contribution in [2.24, 2.45) is 0 Å². The van der Waals surface area contributed by atoms with Crippen molar-refractivity contribution in [3.8, 4) is 0 Å². The van der Waals surface area contributed by atoms with E-state index in [0.29, 0.717) is 17.3 Å². The van der Waals surface area contributed by atoms with Crippen LogP contribution in [0.5, 0.6) is 0 Å². The molecule has 1 aliphatic rings. The highest BCUT2D eigenvalue weighted by Crippen LogP contribution is 2.32. The number of rotatable bonds is 3. The Morgan fingerprint density at radius 2 is 1.82 bits per heavy atom. The molecule has 5 heteroatoms. The summed E-state index contributed by atoms with van der Waals surface area (Å²) in [5, 5.41) is 6.76. The van der Waals surface area contributed by atoms with Gasteiger partial charge in [0.25, 0.3) is 0 Å². The monoisotopic (exact) mass is 318 g/mol. The lowest BCUT2D eigenvalue weighted by Crippen LogP contribution is -2.45. The zero-order chi connectivity index (χ0) is 16.4. The molecule has 118 valence electrons. The molecule has 0 bridgehead atoms. The second kappa shape index (κ2) is 6.48. The lowest BCUT2D eigenvalue weighted by atomic mass is 9.88. The molecule has 0 amide bonds. The van der Waals surface area contributed by atoms with Gasteiger partial charge in [-0.1, -0.05) is 17.7 Å². The molecule has 2 N–H and O–H groups in total. The lowest BCUT2D eigenvalue weighted by Gasteiger charge is -2.31. The average Bonchev–Trinajstić information content (AvgIpc) is 2.36. The summed E-state index contributed by atoms with van der Waals surface area (Å²) in [6.07, 6.45) is 0. The fourth-order valence-electron chi connectivity index (χ4n) is 3.04. The van der Waals surface area contributed by atoms with E-state index in [9.17, 15) is 4.79 Å². The maximum absolute atomic E-state index is 12.4. The van der Waals surface area contributed by atoms with Crippen molar-refractivity contribution < 1.29 is 9.53 Å². The molecule has 2 rings (SSSR count). The number of nitrogens with one attached hydrogen (secondary N) is 2. The molecular weight excluding hydrogens is 296 g/mol. The van der Waals surface area contributed by atoms with Gasteiger partial charge in [0.1, 0.15) is 0 Å². The maximum atomic E-state index is 12.4. The summed E-state index contributed by atoms with van der Waals surface area (Å²) in [4.78, 5) is 12.4. The zero-order valence-electron chi connectivity index (χ0n) is 13.7. The van der Waals surface area contributed by atoms with Crippen LogP contribution in [0.3, 0.4) is 0 Å². The minimum Gasteiger partial charge on any atom is -0.463 e. The Kier molecular flexibility index (Phi) is 4.86. The number of hydrogen-bond donors (Lipinski definition) is 2. The van der Waals surface area contributed by atoms with E-state index in [1.807, 2.05) is 6.92 Å². The van der Waals surface area contributed by atoms with Crippen molar-refractivity contribution in [1.82, 2.24) is 10.6 Å². The number of aryl methyl sites for hydroxylation is 3. The zero-order valence-corrected chi connectivity index (χ0v) is 14.5. The molecular formula is C17H22N2O2S. The first-order chi connectivity index (χ1) is 10.3. The molecule has 0 spiro atoms. The summed E-state index contributed by atoms with van der Waals surface area (Å²) in [5.41, 5.74) is 5.88. The summed E-state index contributed by atoms with van der Waals surface area (Å²) in [6.45, 7) is 10.2. The smallest absolute Gasteiger partial charge is 0.338 e. The number of carbonyl (C=O) groups is 1. The summed E-state index contributed by atoms with van der Waals surface area (Å²) in [7, 11) is 0. The normalized spacial score (nSPS) is 17.9. The third-order valence-electron chi connectivity index (χ3n) is 3.79. The second-order valence-electron chi connectivity index (χ2n) is 5.60. The van der Waals surface area contributed by atoms with Gasteiger partial charge in [0.2, 0.25) is 0 Å². The Hall–Kier alpha value is -1.88. The molecule has 1 heterocycles. The van der Waals surface area contributed by atoms with Crippen LogP contribution in [0.25, 0.3) is 0 Å². The summed E-state index contributed by atoms with van der Waals surface area (Å²) in [5.74, 6) is -0.313. The summed E-state index contributed by atoms with van der Waals surface area (Å²) in [6, 6.07) is 3.95. The van der Waals surface area contributed by atoms with Gasteiger partial charge in [-0.3, -0.25) is 0 Å². The molecule has 0 unspecified atom stereocenters. The Labute approximate surface area is 136 Å². The first-order valence-electron chi connectivity index (χ1n) is 7.38. The van der Waals surface area contributed by atoms with Crippen LogP contribution in [0.1, 0.15) is 42.1 Å². The largest absolute Gasteiger partial charge is 0.463 e. The molecule has 1 aromatic rings. The van der Waals surface area contributed by atoms with Gasteiger partial charge in [0.15, 0.2) is 5.11 Å². The van der Waals surface area contributed by atoms with E-state index >= 15 is 0 Å². The second-order valence-corrected chi connectivity index (χ2v) is 6.01. The van der Waals surface area contributed by atoms with E-state index in [2.05, 4.69) is 43.5 Å². The van der Waals surface area contributed by atoms with Crippen LogP contribution < -0.4 is 10.6 Å². The van der Waals surface area contributed by atoms with Gasteiger partial charge in [-0.05, 0) is 63.5 Å². The van der Waals surface area contributed by atoms with Crippen molar-refractivity contribution in [3.63, 3.8) is 0 Å². The fraction of sp³-hybridized carbons (Fsp3) is 0.412. The van der Waals surface area contributed by atoms with Gasteiger partial charge in [0.05, 0.1) is 18.2 Å². The molecule has 0 aliphatic carbocycles. The lowest BCUT2D eigenvalue weighted by molar-refractivity contribution is -0.139. The van der Waals surface area contributed by atoms with E-state index in [4.69, 9.17) is 17.0 Å². The molecule has 0 fully saturated rings. The van der Waals surface area contributed by atoms with Crippen LogP contribution in [0.2, 0.25) is 0 Å². The number of carbonyl (C=O) groups excluding carboxylic acids is 1. The van der Waals surface area contributed by atoms with Gasteiger partial charge >= 0.3 is 5.97 Å². The van der Waals surface area contributed by atoms with Crippen molar-refractivity contribution in [3.05, 3.63) is 45.7 Å². The minimum atomic E-state index is -0.313. The van der Waals surface area contributed by atoms with E-state index in [1.165, 1.54) is 5.56 Å². The first-order valence-corrected chi connectivity index (χ1v) is 7.79. The number of esters is 1. The van der Waals surface area contributed by atoms with Crippen molar-refractivity contribution in [2.45, 2.75) is 40.7 Å². The molecule has 4 nitrogen and oxygen atoms in total. The quantitative estimate of drug-likeness (QED) is 0.663. The number of allylic oxidation sites excluding steroid dienone is 1. The van der Waals surface area contributed by atoms with Gasteiger partial charge < -0.3 is 15.4 Å². The topological polar surface area (TPSA) is 50.4 Å². The van der Waals surface area contributed by atoms with Crippen LogP contribution in [0.4, 0.5) is 0 Å². The number of hydrogen-bond acceptors (Lipinski definition) is 3. The predicted molar refractivity (Wildman–Crippen MR) is 91.6 cm³/mol. The summed E-state index contributed by atoms with van der Waals surface area (Å²) < 4.78 is 5.22. The van der Waals surface area contributed by atoms with E-state index < -0.39 is 0 Å². The van der Waals surface area contributed by atoms with Crippen molar-refractivity contribution >= 4 is 23.3 Å². The van der Waals surface area contributed by atoms with Gasteiger partial charge in [0, 0.05) is 5.70 Å². The Morgan fingerprint density at radius 1 is 1.23 bits per heavy atom. The highest BCUT2D eigenvalue weighted by atomic mass is 32.1. The third-order valence-corrected chi connectivity index (χ3v) is 4.01. The van der Waals surface area contributed by atoms with Crippen LogP contribution in [0.15, 0.2) is 23.4 Å². The molecule has 0 saturated heterocycles. The highest BCUT2D eigenvalue weighted by Gasteiger charge is 2.32. The standard InChI is InChI=1S/C17H22N2O2S/c1-6-21-16(20)14-12(5)18-17(22)19-15(14)13-10(3)7-9(2)8-11(13)4/h7-8,15H,6H2,1-5H3,(H2,18,19,22)/t15-/m1/s1. The number of benzene rings is 1. The molecule has 0 aromatic heterocycles. The Balaban J connectivity index is 2.58. The SMILES string of the molecule is CCOC(=O)C1=C(C)NC(=S)N[C@@H]1c1c(C)cc(C)cc1C. The molecule has 1 aliphatic heterocycles. The third kappa shape index (κ3) is 3.14. The van der Waals surface area contributed by atoms with Crippen molar-refractivity contribution in [2.75, 3.05) is 6.61 Å². The predicted octanol–water partition coefficient (Wildman–Crippen LogP) is 2.97. The van der Waals surface area contributed by atoms with Gasteiger partial charge in [-0.15, -0.1) is 0 Å². The summed E-state index contributed by atoms with van der Waals surface area (Å²) >= 11 is 5.27. The minimum absolute atomic E-state index is 0.284. The Morgan fingerprint density at radius 3 is 2.36 bits per heavy atom. The van der Waals surface area contributed by atoms with Crippen LogP contribution in [0, 0.1) is 20.8 Å². The number of ether oxygens (including phenoxy) is 1. The molecule has 1 aromatic carbocycles.